The van der Waals surface area contributed by atoms with Gasteiger partial charge in [0.15, 0.2) is 5.78 Å². The third-order valence-electron chi connectivity index (χ3n) is 8.29. The van der Waals surface area contributed by atoms with Gasteiger partial charge in [-0.05, 0) is 63.0 Å². The number of hydrogen-bond acceptors (Lipinski definition) is 6. The van der Waals surface area contributed by atoms with Crippen molar-refractivity contribution in [3.63, 3.8) is 0 Å². The molecular formula is C28H36N4O2S. The van der Waals surface area contributed by atoms with Crippen molar-refractivity contribution >= 4 is 28.0 Å². The Labute approximate surface area is 211 Å². The van der Waals surface area contributed by atoms with Crippen molar-refractivity contribution in [3.8, 4) is 0 Å². The van der Waals surface area contributed by atoms with Crippen molar-refractivity contribution in [1.29, 1.82) is 0 Å². The lowest BCUT2D eigenvalue weighted by atomic mass is 9.78. The molecule has 6 nitrogen and oxygen atoms in total. The van der Waals surface area contributed by atoms with E-state index >= 15 is 0 Å². The van der Waals surface area contributed by atoms with Crippen LogP contribution < -0.4 is 0 Å². The molecule has 1 aliphatic carbocycles. The molecule has 1 unspecified atom stereocenters. The summed E-state index contributed by atoms with van der Waals surface area (Å²) >= 11 is 1.89. The van der Waals surface area contributed by atoms with Gasteiger partial charge in [0.25, 0.3) is 0 Å². The van der Waals surface area contributed by atoms with Gasteiger partial charge in [-0.25, -0.2) is 4.98 Å². The lowest BCUT2D eigenvalue weighted by molar-refractivity contribution is 0.0941. The van der Waals surface area contributed by atoms with Crippen molar-refractivity contribution in [2.75, 3.05) is 19.7 Å². The van der Waals surface area contributed by atoms with E-state index in [2.05, 4.69) is 10.00 Å². The number of carbonyl (C=O) groups excluding carboxylic acids is 1. The van der Waals surface area contributed by atoms with Crippen LogP contribution in [0.2, 0.25) is 0 Å². The molecule has 1 aromatic carbocycles. The van der Waals surface area contributed by atoms with E-state index in [1.54, 1.807) is 4.68 Å². The summed E-state index contributed by atoms with van der Waals surface area (Å²) in [7, 11) is 1.91. The maximum absolute atomic E-state index is 13.1. The summed E-state index contributed by atoms with van der Waals surface area (Å²) in [5.74, 6) is 1.60. The van der Waals surface area contributed by atoms with Gasteiger partial charge in [0, 0.05) is 55.2 Å². The Morgan fingerprint density at radius 2 is 2.03 bits per heavy atom. The van der Waals surface area contributed by atoms with Gasteiger partial charge < -0.3 is 4.74 Å². The normalized spacial score (nSPS) is 25.2. The van der Waals surface area contributed by atoms with Gasteiger partial charge in [-0.1, -0.05) is 25.0 Å². The average Bonchev–Trinajstić information content (AvgIpc) is 3.61. The molecule has 7 heteroatoms. The first kappa shape index (κ1) is 23.3. The number of hydrogen-bond donors (Lipinski definition) is 0. The van der Waals surface area contributed by atoms with Crippen LogP contribution in [-0.2, 0) is 24.8 Å². The highest BCUT2D eigenvalue weighted by Crippen LogP contribution is 2.36. The number of fused-ring (bicyclic) bond motifs is 2. The second-order valence-corrected chi connectivity index (χ2v) is 11.9. The highest BCUT2D eigenvalue weighted by atomic mass is 32.1. The Kier molecular flexibility index (Phi) is 6.74. The van der Waals surface area contributed by atoms with Crippen LogP contribution in [0.3, 0.4) is 0 Å². The number of Topliss-reactive ketones (excluding diaryl/α,β-unsaturated/α-hetero) is 1. The molecule has 0 bridgehead atoms. The van der Waals surface area contributed by atoms with Gasteiger partial charge in [-0.15, -0.1) is 11.3 Å². The van der Waals surface area contributed by atoms with Crippen LogP contribution in [0, 0.1) is 11.8 Å². The van der Waals surface area contributed by atoms with Crippen molar-refractivity contribution < 1.29 is 9.53 Å². The summed E-state index contributed by atoms with van der Waals surface area (Å²) in [6.45, 7) is 4.22. The molecule has 35 heavy (non-hydrogen) atoms. The van der Waals surface area contributed by atoms with E-state index in [1.807, 2.05) is 42.8 Å². The number of ketones is 1. The van der Waals surface area contributed by atoms with Crippen molar-refractivity contribution in [2.24, 2.45) is 18.9 Å². The van der Waals surface area contributed by atoms with Crippen molar-refractivity contribution in [3.05, 3.63) is 45.5 Å². The number of thiazole rings is 1. The minimum absolute atomic E-state index is 0.249. The van der Waals surface area contributed by atoms with Gasteiger partial charge in [-0.3, -0.25) is 14.4 Å². The molecule has 3 aromatic rings. The van der Waals surface area contributed by atoms with Gasteiger partial charge in [0.2, 0.25) is 0 Å². The number of carbonyl (C=O) groups is 1. The van der Waals surface area contributed by atoms with E-state index in [9.17, 15) is 4.79 Å². The first-order valence-electron chi connectivity index (χ1n) is 13.4. The number of ether oxygens (including phenoxy) is 1. The minimum atomic E-state index is 0.249. The predicted octanol–water partition coefficient (Wildman–Crippen LogP) is 5.71. The minimum Gasteiger partial charge on any atom is -0.371 e. The summed E-state index contributed by atoms with van der Waals surface area (Å²) in [6, 6.07) is 5.91. The second-order valence-electron chi connectivity index (χ2n) is 10.8. The summed E-state index contributed by atoms with van der Waals surface area (Å²) in [6.07, 6.45) is 12.5. The highest BCUT2D eigenvalue weighted by molar-refractivity contribution is 7.11. The number of aromatic nitrogens is 3. The van der Waals surface area contributed by atoms with E-state index in [1.165, 1.54) is 54.2 Å². The van der Waals surface area contributed by atoms with Gasteiger partial charge >= 0.3 is 0 Å². The smallest absolute Gasteiger partial charge is 0.163 e. The van der Waals surface area contributed by atoms with Crippen LogP contribution in [0.25, 0.3) is 10.9 Å². The van der Waals surface area contributed by atoms with Crippen LogP contribution in [-0.4, -0.2) is 45.1 Å². The van der Waals surface area contributed by atoms with E-state index in [4.69, 9.17) is 9.72 Å². The molecule has 3 aliphatic rings. The largest absolute Gasteiger partial charge is 0.371 e. The standard InChI is InChI=1S/C28H36N4O2S/c1-31-17-22-21(4-2-5-23(22)30-31)25(33)16-20-9-7-19(8-10-20)11-13-32-14-12-27-24(18-32)29-28(35-27)26-6-3-15-34-26/h2,4-5,17,19-20,26H,3,6-16,18H2,1H3. The first-order chi connectivity index (χ1) is 17.1. The van der Waals surface area contributed by atoms with Crippen LogP contribution in [0.5, 0.6) is 0 Å². The number of nitrogens with zero attached hydrogens (tertiary/aromatic N) is 4. The van der Waals surface area contributed by atoms with Crippen LogP contribution >= 0.6 is 11.3 Å². The summed E-state index contributed by atoms with van der Waals surface area (Å²) in [4.78, 5) is 22.1. The Balaban J connectivity index is 0.967. The molecule has 2 aliphatic heterocycles. The van der Waals surface area contributed by atoms with E-state index in [0.29, 0.717) is 12.3 Å². The molecule has 0 spiro atoms. The summed E-state index contributed by atoms with van der Waals surface area (Å²) in [5, 5.41) is 6.65. The topological polar surface area (TPSA) is 60.2 Å². The summed E-state index contributed by atoms with van der Waals surface area (Å²) in [5.41, 5.74) is 3.05. The van der Waals surface area contributed by atoms with Gasteiger partial charge in [0.05, 0.1) is 11.2 Å². The molecule has 4 heterocycles. The molecule has 0 amide bonds. The molecule has 2 fully saturated rings. The predicted molar refractivity (Wildman–Crippen MR) is 139 cm³/mol. The Hall–Kier alpha value is -2.09. The number of aryl methyl sites for hydroxylation is 1. The monoisotopic (exact) mass is 492 g/mol. The average molecular weight is 493 g/mol. The zero-order valence-electron chi connectivity index (χ0n) is 20.7. The first-order valence-corrected chi connectivity index (χ1v) is 14.2. The molecule has 2 aromatic heterocycles. The van der Waals surface area contributed by atoms with E-state index in [0.717, 1.165) is 61.3 Å². The third-order valence-corrected chi connectivity index (χ3v) is 9.54. The molecular weight excluding hydrogens is 456 g/mol. The maximum atomic E-state index is 13.1. The molecule has 6 rings (SSSR count). The fourth-order valence-corrected chi connectivity index (χ4v) is 7.39. The Bertz CT molecular complexity index is 1190. The lowest BCUT2D eigenvalue weighted by Gasteiger charge is -2.31. The van der Waals surface area contributed by atoms with Gasteiger partial charge in [0.1, 0.15) is 11.1 Å². The highest BCUT2D eigenvalue weighted by Gasteiger charge is 2.28. The van der Waals surface area contributed by atoms with E-state index in [-0.39, 0.29) is 11.9 Å². The van der Waals surface area contributed by atoms with Crippen LogP contribution in [0.15, 0.2) is 24.4 Å². The zero-order valence-corrected chi connectivity index (χ0v) is 21.6. The van der Waals surface area contributed by atoms with Crippen molar-refractivity contribution in [1.82, 2.24) is 19.7 Å². The fourth-order valence-electron chi connectivity index (χ4n) is 6.24. The molecule has 0 radical (unpaired) electrons. The Morgan fingerprint density at radius 3 is 2.86 bits per heavy atom. The fraction of sp³-hybridized carbons (Fsp3) is 0.607. The third kappa shape index (κ3) is 5.09. The quantitative estimate of drug-likeness (QED) is 0.396. The molecule has 1 saturated carbocycles. The second kappa shape index (κ2) is 10.1. The van der Waals surface area contributed by atoms with Crippen molar-refractivity contribution in [2.45, 2.75) is 70.4 Å². The zero-order chi connectivity index (χ0) is 23.8. The van der Waals surface area contributed by atoms with Gasteiger partial charge in [-0.2, -0.15) is 5.10 Å². The summed E-state index contributed by atoms with van der Waals surface area (Å²) < 4.78 is 7.66. The van der Waals surface area contributed by atoms with Crippen LogP contribution in [0.1, 0.15) is 83.4 Å². The lowest BCUT2D eigenvalue weighted by Crippen LogP contribution is -2.32. The van der Waals surface area contributed by atoms with Crippen LogP contribution in [0.4, 0.5) is 0 Å². The Morgan fingerprint density at radius 1 is 1.17 bits per heavy atom. The molecule has 186 valence electrons. The van der Waals surface area contributed by atoms with E-state index < -0.39 is 0 Å². The SMILES string of the molecule is Cn1cc2c(C(=O)CC3CCC(CCN4CCc5sc(C6CCCO6)nc5C4)CC3)cccc2n1. The maximum Gasteiger partial charge on any atom is 0.163 e. The number of benzene rings is 1. The molecule has 1 saturated heterocycles. The molecule has 0 N–H and O–H groups in total. The molecule has 1 atom stereocenters. The number of rotatable bonds is 7.